The first-order valence-corrected chi connectivity index (χ1v) is 6.08. The third-order valence-corrected chi connectivity index (χ3v) is 2.88. The van der Waals surface area contributed by atoms with Gasteiger partial charge in [-0.25, -0.2) is 0 Å². The van der Waals surface area contributed by atoms with Gasteiger partial charge < -0.3 is 16.0 Å². The van der Waals surface area contributed by atoms with E-state index in [4.69, 9.17) is 5.73 Å². The summed E-state index contributed by atoms with van der Waals surface area (Å²) >= 11 is 0. The van der Waals surface area contributed by atoms with Gasteiger partial charge in [-0.1, -0.05) is 13.8 Å². The number of nitrogens with zero attached hydrogens (tertiary/aromatic N) is 2. The predicted octanol–water partition coefficient (Wildman–Crippen LogP) is 2.35. The van der Waals surface area contributed by atoms with Crippen LogP contribution in [0.5, 0.6) is 0 Å². The van der Waals surface area contributed by atoms with Crippen LogP contribution in [0.1, 0.15) is 13.8 Å². The monoisotopic (exact) mass is 288 g/mol. The second-order valence-electron chi connectivity index (χ2n) is 3.98. The standard InChI is InChI=1S/C12H20N4O2.ClH/c1-3-15(4-2)8-7-14-12-6-5-10(16(17)18)9-11(12)13;/h5-6,9,14H,3-4,7-8,13H2,1-2H3;1H. The Bertz CT molecular complexity index is 411. The van der Waals surface area contributed by atoms with Gasteiger partial charge in [-0.05, 0) is 19.2 Å². The van der Waals surface area contributed by atoms with Crippen molar-refractivity contribution >= 4 is 29.5 Å². The minimum atomic E-state index is -0.448. The van der Waals surface area contributed by atoms with Gasteiger partial charge in [0.25, 0.3) is 5.69 Å². The van der Waals surface area contributed by atoms with Crippen LogP contribution in [0.25, 0.3) is 0 Å². The lowest BCUT2D eigenvalue weighted by Crippen LogP contribution is -2.28. The van der Waals surface area contributed by atoms with Crippen LogP contribution in [0.3, 0.4) is 0 Å². The Morgan fingerprint density at radius 1 is 1.37 bits per heavy atom. The number of hydrogen-bond donors (Lipinski definition) is 2. The largest absolute Gasteiger partial charge is 0.397 e. The molecule has 7 heteroatoms. The van der Waals surface area contributed by atoms with E-state index in [0.717, 1.165) is 31.9 Å². The number of anilines is 2. The number of halogens is 1. The highest BCUT2D eigenvalue weighted by atomic mass is 35.5. The fourth-order valence-corrected chi connectivity index (χ4v) is 1.71. The van der Waals surface area contributed by atoms with E-state index in [1.54, 1.807) is 6.07 Å². The number of nitro benzene ring substituents is 1. The van der Waals surface area contributed by atoms with Gasteiger partial charge in [0.2, 0.25) is 0 Å². The molecule has 0 atom stereocenters. The molecular formula is C12H21ClN4O2. The summed E-state index contributed by atoms with van der Waals surface area (Å²) in [5, 5.41) is 13.8. The summed E-state index contributed by atoms with van der Waals surface area (Å²) in [6, 6.07) is 4.48. The first-order valence-electron chi connectivity index (χ1n) is 6.08. The molecule has 0 saturated carbocycles. The molecule has 0 heterocycles. The van der Waals surface area contributed by atoms with E-state index >= 15 is 0 Å². The quantitative estimate of drug-likeness (QED) is 0.457. The second kappa shape index (κ2) is 8.55. The molecule has 0 unspecified atom stereocenters. The molecule has 1 aromatic carbocycles. The molecule has 0 saturated heterocycles. The number of hydrogen-bond acceptors (Lipinski definition) is 5. The Morgan fingerprint density at radius 2 is 2.00 bits per heavy atom. The van der Waals surface area contributed by atoms with Gasteiger partial charge in [0.05, 0.1) is 16.3 Å². The van der Waals surface area contributed by atoms with Crippen LogP contribution in [0.2, 0.25) is 0 Å². The number of likely N-dealkylation sites (N-methyl/N-ethyl adjacent to an activating group) is 1. The van der Waals surface area contributed by atoms with E-state index in [1.165, 1.54) is 12.1 Å². The van der Waals surface area contributed by atoms with Crippen LogP contribution in [-0.4, -0.2) is 36.0 Å². The minimum Gasteiger partial charge on any atom is -0.397 e. The zero-order valence-corrected chi connectivity index (χ0v) is 12.1. The maximum Gasteiger partial charge on any atom is 0.271 e. The molecule has 1 aromatic rings. The fourth-order valence-electron chi connectivity index (χ4n) is 1.71. The number of benzene rings is 1. The summed E-state index contributed by atoms with van der Waals surface area (Å²) in [5.41, 5.74) is 6.93. The zero-order chi connectivity index (χ0) is 13.5. The zero-order valence-electron chi connectivity index (χ0n) is 11.3. The summed E-state index contributed by atoms with van der Waals surface area (Å²) in [6.07, 6.45) is 0. The Hall–Kier alpha value is -1.53. The van der Waals surface area contributed by atoms with E-state index in [2.05, 4.69) is 24.1 Å². The molecular weight excluding hydrogens is 268 g/mol. The maximum atomic E-state index is 10.6. The molecule has 0 amide bonds. The number of nitrogens with two attached hydrogens (primary N) is 1. The molecule has 0 aliphatic carbocycles. The van der Waals surface area contributed by atoms with Crippen molar-refractivity contribution in [1.29, 1.82) is 0 Å². The minimum absolute atomic E-state index is 0. The molecule has 3 N–H and O–H groups in total. The van der Waals surface area contributed by atoms with E-state index in [1.807, 2.05) is 0 Å². The molecule has 19 heavy (non-hydrogen) atoms. The SMILES string of the molecule is CCN(CC)CCNc1ccc([N+](=O)[O-])cc1N.Cl. The van der Waals surface area contributed by atoms with E-state index in [0.29, 0.717) is 5.69 Å². The van der Waals surface area contributed by atoms with Crippen LogP contribution in [0.15, 0.2) is 18.2 Å². The number of nitrogens with one attached hydrogen (secondary N) is 1. The first kappa shape index (κ1) is 17.5. The number of rotatable bonds is 7. The highest BCUT2D eigenvalue weighted by Crippen LogP contribution is 2.23. The Balaban J connectivity index is 0.00000324. The van der Waals surface area contributed by atoms with Crippen molar-refractivity contribution in [2.24, 2.45) is 0 Å². The molecule has 0 radical (unpaired) electrons. The summed E-state index contributed by atoms with van der Waals surface area (Å²) in [7, 11) is 0. The van der Waals surface area contributed by atoms with Gasteiger partial charge >= 0.3 is 0 Å². The number of non-ortho nitro benzene ring substituents is 1. The average Bonchev–Trinajstić information content (AvgIpc) is 2.36. The third-order valence-electron chi connectivity index (χ3n) is 2.88. The van der Waals surface area contributed by atoms with Gasteiger partial charge in [-0.3, -0.25) is 10.1 Å². The lowest BCUT2D eigenvalue weighted by molar-refractivity contribution is -0.384. The van der Waals surface area contributed by atoms with Crippen molar-refractivity contribution in [3.63, 3.8) is 0 Å². The molecule has 1 rings (SSSR count). The van der Waals surface area contributed by atoms with Crippen molar-refractivity contribution in [2.45, 2.75) is 13.8 Å². The normalized spacial score (nSPS) is 10.1. The van der Waals surface area contributed by atoms with E-state index in [-0.39, 0.29) is 18.1 Å². The van der Waals surface area contributed by atoms with Crippen molar-refractivity contribution in [3.8, 4) is 0 Å². The number of nitro groups is 1. The summed E-state index contributed by atoms with van der Waals surface area (Å²) in [5.74, 6) is 0. The van der Waals surface area contributed by atoms with Gasteiger partial charge in [-0.15, -0.1) is 12.4 Å². The summed E-state index contributed by atoms with van der Waals surface area (Å²) in [4.78, 5) is 12.4. The van der Waals surface area contributed by atoms with Gasteiger partial charge in [0.1, 0.15) is 0 Å². The van der Waals surface area contributed by atoms with Crippen molar-refractivity contribution < 1.29 is 4.92 Å². The fraction of sp³-hybridized carbons (Fsp3) is 0.500. The highest BCUT2D eigenvalue weighted by Gasteiger charge is 2.08. The smallest absolute Gasteiger partial charge is 0.271 e. The van der Waals surface area contributed by atoms with Crippen LogP contribution in [0, 0.1) is 10.1 Å². The van der Waals surface area contributed by atoms with E-state index in [9.17, 15) is 10.1 Å². The van der Waals surface area contributed by atoms with Crippen molar-refractivity contribution in [1.82, 2.24) is 4.90 Å². The lowest BCUT2D eigenvalue weighted by atomic mass is 10.2. The topological polar surface area (TPSA) is 84.4 Å². The van der Waals surface area contributed by atoms with Crippen molar-refractivity contribution in [3.05, 3.63) is 28.3 Å². The Labute approximate surface area is 119 Å². The predicted molar refractivity (Wildman–Crippen MR) is 81.0 cm³/mol. The molecule has 0 aliphatic heterocycles. The second-order valence-corrected chi connectivity index (χ2v) is 3.98. The Kier molecular flexibility index (Phi) is 7.86. The molecule has 0 spiro atoms. The van der Waals surface area contributed by atoms with Crippen LogP contribution < -0.4 is 11.1 Å². The molecule has 0 aromatic heterocycles. The Morgan fingerprint density at radius 3 is 2.47 bits per heavy atom. The van der Waals surface area contributed by atoms with Crippen LogP contribution >= 0.6 is 12.4 Å². The van der Waals surface area contributed by atoms with Crippen molar-refractivity contribution in [2.75, 3.05) is 37.2 Å². The third kappa shape index (κ3) is 5.32. The maximum absolute atomic E-state index is 10.6. The van der Waals surface area contributed by atoms with E-state index < -0.39 is 4.92 Å². The summed E-state index contributed by atoms with van der Waals surface area (Å²) in [6.45, 7) is 7.93. The molecule has 0 fully saturated rings. The molecule has 6 nitrogen and oxygen atoms in total. The molecule has 0 bridgehead atoms. The lowest BCUT2D eigenvalue weighted by Gasteiger charge is -2.18. The summed E-state index contributed by atoms with van der Waals surface area (Å²) < 4.78 is 0. The van der Waals surface area contributed by atoms with Gasteiger partial charge in [0.15, 0.2) is 0 Å². The van der Waals surface area contributed by atoms with Gasteiger partial charge in [0, 0.05) is 25.2 Å². The van der Waals surface area contributed by atoms with Crippen LogP contribution in [0.4, 0.5) is 17.1 Å². The van der Waals surface area contributed by atoms with Gasteiger partial charge in [-0.2, -0.15) is 0 Å². The molecule has 108 valence electrons. The first-order chi connectivity index (χ1) is 8.58. The average molecular weight is 289 g/mol. The molecule has 0 aliphatic rings. The highest BCUT2D eigenvalue weighted by molar-refractivity contribution is 5.85. The van der Waals surface area contributed by atoms with Crippen LogP contribution in [-0.2, 0) is 0 Å². The number of nitrogen functional groups attached to an aromatic ring is 1.